The summed E-state index contributed by atoms with van der Waals surface area (Å²) in [5, 5.41) is 4.05. The fourth-order valence-corrected chi connectivity index (χ4v) is 1.34. The highest BCUT2D eigenvalue weighted by Gasteiger charge is 1.92. The predicted octanol–water partition coefficient (Wildman–Crippen LogP) is -1.49. The molecule has 1 aromatic rings. The van der Waals surface area contributed by atoms with Gasteiger partial charge in [-0.15, -0.1) is 0 Å². The Labute approximate surface area is 66.9 Å². The second kappa shape index (κ2) is 3.53. The molecule has 0 saturated carbocycles. The number of pyridine rings is 1. The van der Waals surface area contributed by atoms with Gasteiger partial charge in [0.15, 0.2) is 0 Å². The van der Waals surface area contributed by atoms with Crippen LogP contribution >= 0.6 is 0 Å². The van der Waals surface area contributed by atoms with Gasteiger partial charge in [-0.1, -0.05) is 6.07 Å². The van der Waals surface area contributed by atoms with E-state index < -0.39 is 0 Å². The Balaban J connectivity index is 2.59. The minimum Gasteiger partial charge on any atom is -0.375 e. The summed E-state index contributed by atoms with van der Waals surface area (Å²) in [5.41, 5.74) is 0. The van der Waals surface area contributed by atoms with Crippen LogP contribution in [0.2, 0.25) is 0 Å². The summed E-state index contributed by atoms with van der Waals surface area (Å²) in [6.45, 7) is 0. The van der Waals surface area contributed by atoms with Gasteiger partial charge in [0.2, 0.25) is 0 Å². The first kappa shape index (κ1) is 7.49. The maximum absolute atomic E-state index is 4.15. The van der Waals surface area contributed by atoms with Gasteiger partial charge in [-0.25, -0.2) is 4.98 Å². The highest BCUT2D eigenvalue weighted by molar-refractivity contribution is 6.37. The van der Waals surface area contributed by atoms with Crippen LogP contribution in [0.1, 0.15) is 0 Å². The van der Waals surface area contributed by atoms with E-state index in [9.17, 15) is 0 Å². The van der Waals surface area contributed by atoms with Crippen molar-refractivity contribution < 1.29 is 0 Å². The molecule has 4 heteroatoms. The topological polar surface area (TPSA) is 24.9 Å². The van der Waals surface area contributed by atoms with Crippen LogP contribution in [0.3, 0.4) is 0 Å². The van der Waals surface area contributed by atoms with Crippen molar-refractivity contribution in [3.8, 4) is 0 Å². The van der Waals surface area contributed by atoms with Crippen LogP contribution in [-0.2, 0) is 0 Å². The van der Waals surface area contributed by atoms with Gasteiger partial charge in [-0.2, -0.15) is 0 Å². The van der Waals surface area contributed by atoms with Gasteiger partial charge in [-0.05, 0) is 17.4 Å². The Bertz CT molecular complexity index is 188. The number of rotatable bonds is 2. The van der Waals surface area contributed by atoms with Gasteiger partial charge >= 0.3 is 0 Å². The average Bonchev–Trinajstić information content (AvgIpc) is 1.88. The molecule has 1 N–H and O–H groups in total. The number of hydrogen-bond acceptors (Lipinski definition) is 2. The second-order valence-corrected chi connectivity index (χ2v) is 8.29. The maximum atomic E-state index is 4.15. The zero-order valence-electron chi connectivity index (χ0n) is 6.33. The Hall–Kier alpha value is -0.616. The molecule has 2 nitrogen and oxygen atoms in total. The summed E-state index contributed by atoms with van der Waals surface area (Å²) < 4.78 is 0. The van der Waals surface area contributed by atoms with E-state index in [-0.39, 0.29) is 0 Å². The monoisotopic (exact) mass is 168 g/mol. The molecule has 0 saturated heterocycles. The van der Waals surface area contributed by atoms with Crippen molar-refractivity contribution in [3.63, 3.8) is 0 Å². The molecule has 1 aromatic heterocycles. The van der Waals surface area contributed by atoms with Crippen molar-refractivity contribution in [2.75, 3.05) is 5.32 Å². The quantitative estimate of drug-likeness (QED) is 0.544. The summed E-state index contributed by atoms with van der Waals surface area (Å²) in [6.07, 6.45) is 1.81. The highest BCUT2D eigenvalue weighted by atomic mass is 28.2. The van der Waals surface area contributed by atoms with Gasteiger partial charge < -0.3 is 5.32 Å². The first-order chi connectivity index (χ1) is 4.79. The van der Waals surface area contributed by atoms with Crippen LogP contribution < -0.4 is 5.32 Å². The Morgan fingerprint density at radius 3 is 2.70 bits per heavy atom. The highest BCUT2D eigenvalue weighted by Crippen LogP contribution is 1.98. The van der Waals surface area contributed by atoms with Crippen molar-refractivity contribution in [1.82, 2.24) is 4.98 Å². The maximum Gasteiger partial charge on any atom is 0.125 e. The third kappa shape index (κ3) is 2.32. The van der Waals surface area contributed by atoms with E-state index >= 15 is 0 Å². The standard InChI is InChI=1S/C6H12N2Si2/c9-6(10)8-5-3-1-2-4-7-5/h1-4,6H,9-10H3,(H,7,8). The van der Waals surface area contributed by atoms with E-state index in [4.69, 9.17) is 0 Å². The number of aromatic nitrogens is 1. The molecule has 0 aliphatic carbocycles. The molecule has 0 aliphatic rings. The molecule has 10 heavy (non-hydrogen) atoms. The summed E-state index contributed by atoms with van der Waals surface area (Å²) >= 11 is 0. The predicted molar refractivity (Wildman–Crippen MR) is 51.5 cm³/mol. The molecule has 0 aromatic carbocycles. The first-order valence-electron chi connectivity index (χ1n) is 3.46. The molecule has 0 aliphatic heterocycles. The molecule has 1 heterocycles. The van der Waals surface area contributed by atoms with Crippen molar-refractivity contribution in [2.45, 2.75) is 5.29 Å². The lowest BCUT2D eigenvalue weighted by Gasteiger charge is -2.06. The van der Waals surface area contributed by atoms with Crippen LogP contribution in [-0.4, -0.2) is 30.8 Å². The van der Waals surface area contributed by atoms with E-state index in [0.29, 0.717) is 0 Å². The summed E-state index contributed by atoms with van der Waals surface area (Å²) in [6, 6.07) is 5.93. The van der Waals surface area contributed by atoms with Gasteiger partial charge in [-0.3, -0.25) is 0 Å². The molecular weight excluding hydrogens is 156 g/mol. The summed E-state index contributed by atoms with van der Waals surface area (Å²) in [7, 11) is 2.43. The molecule has 0 atom stereocenters. The second-order valence-electron chi connectivity index (χ2n) is 2.51. The molecule has 0 radical (unpaired) electrons. The largest absolute Gasteiger partial charge is 0.375 e. The fraction of sp³-hybridized carbons (Fsp3) is 0.167. The van der Waals surface area contributed by atoms with Crippen molar-refractivity contribution in [2.24, 2.45) is 0 Å². The minimum atomic E-state index is 0.731. The van der Waals surface area contributed by atoms with E-state index in [0.717, 1.165) is 11.1 Å². The van der Waals surface area contributed by atoms with Crippen LogP contribution in [0.4, 0.5) is 5.82 Å². The van der Waals surface area contributed by atoms with Gasteiger partial charge in [0, 0.05) is 26.7 Å². The third-order valence-corrected chi connectivity index (χ3v) is 1.68. The van der Waals surface area contributed by atoms with Gasteiger partial charge in [0.05, 0.1) is 0 Å². The van der Waals surface area contributed by atoms with E-state index in [1.165, 1.54) is 20.5 Å². The number of hydrogen-bond donors (Lipinski definition) is 1. The fourth-order valence-electron chi connectivity index (χ4n) is 0.744. The lowest BCUT2D eigenvalue weighted by atomic mass is 10.5. The zero-order chi connectivity index (χ0) is 7.40. The Morgan fingerprint density at radius 1 is 1.40 bits per heavy atom. The molecule has 0 unspecified atom stereocenters. The number of anilines is 1. The first-order valence-corrected chi connectivity index (χ1v) is 5.77. The summed E-state index contributed by atoms with van der Waals surface area (Å²) in [4.78, 5) is 4.15. The molecular formula is C6H12N2Si2. The van der Waals surface area contributed by atoms with Crippen molar-refractivity contribution >= 4 is 26.3 Å². The lowest BCUT2D eigenvalue weighted by molar-refractivity contribution is 1.23. The Kier molecular flexibility index (Phi) is 2.64. The van der Waals surface area contributed by atoms with Crippen molar-refractivity contribution in [3.05, 3.63) is 24.4 Å². The smallest absolute Gasteiger partial charge is 0.125 e. The molecule has 1 rings (SSSR count). The average molecular weight is 168 g/mol. The van der Waals surface area contributed by atoms with E-state index in [1.807, 2.05) is 24.4 Å². The van der Waals surface area contributed by atoms with Crippen LogP contribution in [0.5, 0.6) is 0 Å². The van der Waals surface area contributed by atoms with Crippen LogP contribution in [0.25, 0.3) is 0 Å². The molecule has 0 amide bonds. The zero-order valence-corrected chi connectivity index (χ0v) is 10.3. The number of nitrogens with one attached hydrogen (secondary N) is 1. The number of nitrogens with zero attached hydrogens (tertiary/aromatic N) is 1. The van der Waals surface area contributed by atoms with Crippen LogP contribution in [0, 0.1) is 0 Å². The lowest BCUT2D eigenvalue weighted by Crippen LogP contribution is -2.19. The van der Waals surface area contributed by atoms with E-state index in [1.54, 1.807) is 0 Å². The van der Waals surface area contributed by atoms with Gasteiger partial charge in [0.25, 0.3) is 0 Å². The van der Waals surface area contributed by atoms with Crippen molar-refractivity contribution in [1.29, 1.82) is 0 Å². The Morgan fingerprint density at radius 2 is 2.20 bits per heavy atom. The molecule has 0 fully saturated rings. The normalized spacial score (nSPS) is 13.2. The van der Waals surface area contributed by atoms with Crippen LogP contribution in [0.15, 0.2) is 24.4 Å². The third-order valence-electron chi connectivity index (χ3n) is 1.10. The van der Waals surface area contributed by atoms with Gasteiger partial charge in [0.1, 0.15) is 5.82 Å². The SMILES string of the molecule is [SiH3]C([SiH3])Nc1ccccn1. The molecule has 54 valence electrons. The summed E-state index contributed by atoms with van der Waals surface area (Å²) in [5.74, 6) is 1.01. The van der Waals surface area contributed by atoms with E-state index in [2.05, 4.69) is 10.3 Å². The minimum absolute atomic E-state index is 0.731. The molecule has 0 bridgehead atoms. The molecule has 0 spiro atoms.